The van der Waals surface area contributed by atoms with E-state index in [0.717, 1.165) is 6.42 Å². The lowest BCUT2D eigenvalue weighted by molar-refractivity contribution is -0.143. The minimum Gasteiger partial charge on any atom is -0.480 e. The number of nitrogens with one attached hydrogen (secondary N) is 1. The van der Waals surface area contributed by atoms with Crippen molar-refractivity contribution >= 4 is 17.8 Å². The molecule has 2 amide bonds. The Hall–Kier alpha value is -2.37. The van der Waals surface area contributed by atoms with Crippen LogP contribution in [0, 0.1) is 13.8 Å². The molecule has 1 aromatic rings. The molecule has 0 aliphatic rings. The van der Waals surface area contributed by atoms with E-state index in [0.29, 0.717) is 6.42 Å². The lowest BCUT2D eigenvalue weighted by Gasteiger charge is -2.13. The van der Waals surface area contributed by atoms with Crippen LogP contribution in [0.1, 0.15) is 36.0 Å². The maximum absolute atomic E-state index is 11.7. The van der Waals surface area contributed by atoms with Crippen molar-refractivity contribution in [1.82, 2.24) is 5.32 Å². The van der Waals surface area contributed by atoms with Gasteiger partial charge in [-0.3, -0.25) is 9.59 Å². The van der Waals surface area contributed by atoms with E-state index in [4.69, 9.17) is 10.8 Å². The standard InChI is InChI=1S/C16H22N2O4/c1-10-6-7-12(11(2)8-10)4-3-5-15(20)18-13(16(21)22)9-14(17)19/h6-8,13H,3-5,9H2,1-2H3,(H2,17,19)(H,18,20)(H,21,22). The van der Waals surface area contributed by atoms with Gasteiger partial charge in [0.25, 0.3) is 0 Å². The van der Waals surface area contributed by atoms with E-state index in [1.165, 1.54) is 16.7 Å². The molecule has 6 nitrogen and oxygen atoms in total. The Kier molecular flexibility index (Phi) is 6.56. The van der Waals surface area contributed by atoms with Crippen molar-refractivity contribution in [3.05, 3.63) is 34.9 Å². The molecule has 1 atom stereocenters. The summed E-state index contributed by atoms with van der Waals surface area (Å²) in [6.07, 6.45) is 1.15. The van der Waals surface area contributed by atoms with Crippen molar-refractivity contribution in [2.24, 2.45) is 5.73 Å². The van der Waals surface area contributed by atoms with Crippen molar-refractivity contribution in [1.29, 1.82) is 0 Å². The predicted molar refractivity (Wildman–Crippen MR) is 82.2 cm³/mol. The fraction of sp³-hybridized carbons (Fsp3) is 0.438. The number of carbonyl (C=O) groups excluding carboxylic acids is 2. The van der Waals surface area contributed by atoms with E-state index >= 15 is 0 Å². The monoisotopic (exact) mass is 306 g/mol. The van der Waals surface area contributed by atoms with E-state index in [1.54, 1.807) is 0 Å². The first-order chi connectivity index (χ1) is 10.3. The second-order valence-electron chi connectivity index (χ2n) is 5.41. The zero-order chi connectivity index (χ0) is 16.7. The molecule has 0 bridgehead atoms. The largest absolute Gasteiger partial charge is 0.480 e. The van der Waals surface area contributed by atoms with Crippen LogP contribution in [0.15, 0.2) is 18.2 Å². The zero-order valence-corrected chi connectivity index (χ0v) is 12.9. The Labute approximate surface area is 129 Å². The molecule has 1 unspecified atom stereocenters. The van der Waals surface area contributed by atoms with Crippen molar-refractivity contribution in [3.8, 4) is 0 Å². The fourth-order valence-corrected chi connectivity index (χ4v) is 2.23. The third-order valence-electron chi connectivity index (χ3n) is 3.39. The summed E-state index contributed by atoms with van der Waals surface area (Å²) in [5, 5.41) is 11.2. The number of carbonyl (C=O) groups is 3. The molecule has 0 heterocycles. The predicted octanol–water partition coefficient (Wildman–Crippen LogP) is 1.07. The summed E-state index contributed by atoms with van der Waals surface area (Å²) in [6.45, 7) is 4.05. The van der Waals surface area contributed by atoms with Crippen LogP contribution in [0.4, 0.5) is 0 Å². The number of hydrogen-bond acceptors (Lipinski definition) is 3. The molecule has 1 aromatic carbocycles. The molecule has 0 aliphatic carbocycles. The van der Waals surface area contributed by atoms with Crippen LogP contribution in [-0.4, -0.2) is 28.9 Å². The number of carboxylic acids is 1. The Morgan fingerprint density at radius 1 is 1.27 bits per heavy atom. The number of aryl methyl sites for hydroxylation is 3. The average Bonchev–Trinajstić information content (AvgIpc) is 2.40. The Morgan fingerprint density at radius 2 is 1.95 bits per heavy atom. The van der Waals surface area contributed by atoms with Crippen LogP contribution in [0.2, 0.25) is 0 Å². The summed E-state index contributed by atoms with van der Waals surface area (Å²) in [6, 6.07) is 4.89. The van der Waals surface area contributed by atoms with Gasteiger partial charge < -0.3 is 16.2 Å². The highest BCUT2D eigenvalue weighted by Crippen LogP contribution is 2.13. The molecule has 22 heavy (non-hydrogen) atoms. The molecule has 0 saturated heterocycles. The van der Waals surface area contributed by atoms with Crippen LogP contribution < -0.4 is 11.1 Å². The fourth-order valence-electron chi connectivity index (χ4n) is 2.23. The molecule has 0 radical (unpaired) electrons. The van der Waals surface area contributed by atoms with Gasteiger partial charge in [0, 0.05) is 6.42 Å². The molecular formula is C16H22N2O4. The second kappa shape index (κ2) is 8.17. The number of benzene rings is 1. The molecule has 4 N–H and O–H groups in total. The third kappa shape index (κ3) is 5.95. The quantitative estimate of drug-likeness (QED) is 0.667. The molecular weight excluding hydrogens is 284 g/mol. The summed E-state index contributed by atoms with van der Waals surface area (Å²) < 4.78 is 0. The van der Waals surface area contributed by atoms with Gasteiger partial charge in [-0.1, -0.05) is 23.8 Å². The lowest BCUT2D eigenvalue weighted by Crippen LogP contribution is -2.43. The first-order valence-electron chi connectivity index (χ1n) is 7.16. The van der Waals surface area contributed by atoms with E-state index in [-0.39, 0.29) is 6.42 Å². The molecule has 0 aliphatic heterocycles. The molecule has 1 rings (SSSR count). The SMILES string of the molecule is Cc1ccc(CCCC(=O)NC(CC(N)=O)C(=O)O)c(C)c1. The first-order valence-corrected chi connectivity index (χ1v) is 7.16. The maximum atomic E-state index is 11.7. The van der Waals surface area contributed by atoms with E-state index in [1.807, 2.05) is 26.0 Å². The highest BCUT2D eigenvalue weighted by Gasteiger charge is 2.21. The first kappa shape index (κ1) is 17.7. The summed E-state index contributed by atoms with van der Waals surface area (Å²) in [4.78, 5) is 33.4. The van der Waals surface area contributed by atoms with Gasteiger partial charge in [0.05, 0.1) is 6.42 Å². The van der Waals surface area contributed by atoms with Crippen LogP contribution >= 0.6 is 0 Å². The molecule has 0 fully saturated rings. The lowest BCUT2D eigenvalue weighted by atomic mass is 10.0. The minimum absolute atomic E-state index is 0.204. The van der Waals surface area contributed by atoms with Gasteiger partial charge in [-0.15, -0.1) is 0 Å². The van der Waals surface area contributed by atoms with E-state index in [2.05, 4.69) is 11.4 Å². The number of amides is 2. The van der Waals surface area contributed by atoms with Gasteiger partial charge in [0.1, 0.15) is 6.04 Å². The smallest absolute Gasteiger partial charge is 0.326 e. The molecule has 120 valence electrons. The van der Waals surface area contributed by atoms with Crippen molar-refractivity contribution in [3.63, 3.8) is 0 Å². The maximum Gasteiger partial charge on any atom is 0.326 e. The minimum atomic E-state index is -1.26. The highest BCUT2D eigenvalue weighted by molar-refractivity contribution is 5.88. The number of primary amides is 1. The number of nitrogens with two attached hydrogens (primary N) is 1. The van der Waals surface area contributed by atoms with E-state index in [9.17, 15) is 14.4 Å². The number of hydrogen-bond donors (Lipinski definition) is 3. The van der Waals surface area contributed by atoms with Crippen LogP contribution in [-0.2, 0) is 20.8 Å². The average molecular weight is 306 g/mol. The van der Waals surface area contributed by atoms with Crippen molar-refractivity contribution < 1.29 is 19.5 Å². The Bertz CT molecular complexity index is 569. The summed E-state index contributed by atoms with van der Waals surface area (Å²) in [5.41, 5.74) is 8.50. The number of carboxylic acid groups (broad SMARTS) is 1. The van der Waals surface area contributed by atoms with Gasteiger partial charge in [-0.05, 0) is 37.8 Å². The number of aliphatic carboxylic acids is 1. The van der Waals surface area contributed by atoms with Crippen LogP contribution in [0.3, 0.4) is 0 Å². The Balaban J connectivity index is 2.45. The zero-order valence-electron chi connectivity index (χ0n) is 12.9. The van der Waals surface area contributed by atoms with Gasteiger partial charge >= 0.3 is 5.97 Å². The van der Waals surface area contributed by atoms with E-state index < -0.39 is 30.2 Å². The van der Waals surface area contributed by atoms with Crippen LogP contribution in [0.5, 0.6) is 0 Å². The second-order valence-corrected chi connectivity index (χ2v) is 5.41. The van der Waals surface area contributed by atoms with Crippen molar-refractivity contribution in [2.45, 2.75) is 45.6 Å². The molecule has 6 heteroatoms. The molecule has 0 aromatic heterocycles. The summed E-state index contributed by atoms with van der Waals surface area (Å²) in [5.74, 6) is -2.41. The molecule has 0 spiro atoms. The summed E-state index contributed by atoms with van der Waals surface area (Å²) >= 11 is 0. The highest BCUT2D eigenvalue weighted by atomic mass is 16.4. The summed E-state index contributed by atoms with van der Waals surface area (Å²) in [7, 11) is 0. The van der Waals surface area contributed by atoms with Crippen LogP contribution in [0.25, 0.3) is 0 Å². The van der Waals surface area contributed by atoms with Gasteiger partial charge in [0.2, 0.25) is 11.8 Å². The topological polar surface area (TPSA) is 109 Å². The Morgan fingerprint density at radius 3 is 2.50 bits per heavy atom. The van der Waals surface area contributed by atoms with Gasteiger partial charge in [0.15, 0.2) is 0 Å². The van der Waals surface area contributed by atoms with Gasteiger partial charge in [-0.2, -0.15) is 0 Å². The van der Waals surface area contributed by atoms with Crippen molar-refractivity contribution in [2.75, 3.05) is 0 Å². The molecule has 0 saturated carbocycles. The number of rotatable bonds is 8. The van der Waals surface area contributed by atoms with Gasteiger partial charge in [-0.25, -0.2) is 4.79 Å². The third-order valence-corrected chi connectivity index (χ3v) is 3.39. The normalized spacial score (nSPS) is 11.7.